The van der Waals surface area contributed by atoms with Crippen LogP contribution in [0.2, 0.25) is 0 Å². The lowest BCUT2D eigenvalue weighted by Crippen LogP contribution is -2.37. The van der Waals surface area contributed by atoms with Gasteiger partial charge in [-0.2, -0.15) is 0 Å². The molecule has 0 aliphatic carbocycles. The first kappa shape index (κ1) is 19.8. The van der Waals surface area contributed by atoms with Crippen LogP contribution in [0.25, 0.3) is 0 Å². The van der Waals surface area contributed by atoms with Gasteiger partial charge in [0, 0.05) is 19.2 Å². The molecule has 0 saturated heterocycles. The number of aliphatic imine (C=N–C) groups is 1. The summed E-state index contributed by atoms with van der Waals surface area (Å²) in [7, 11) is 1.96. The molecule has 0 aliphatic rings. The Balaban J connectivity index is 2.07. The zero-order valence-electron chi connectivity index (χ0n) is 16.5. The van der Waals surface area contributed by atoms with Crippen LogP contribution in [0.5, 0.6) is 5.75 Å². The summed E-state index contributed by atoms with van der Waals surface area (Å²) in [6.07, 6.45) is 0.984. The van der Waals surface area contributed by atoms with Gasteiger partial charge in [0.05, 0.1) is 19.7 Å². The first-order valence-electron chi connectivity index (χ1n) is 9.14. The van der Waals surface area contributed by atoms with E-state index >= 15 is 0 Å². The Morgan fingerprint density at radius 1 is 1.19 bits per heavy atom. The molecule has 2 rings (SSSR count). The van der Waals surface area contributed by atoms with Crippen LogP contribution in [0.4, 0.5) is 0 Å². The molecule has 0 bridgehead atoms. The summed E-state index contributed by atoms with van der Waals surface area (Å²) in [6.45, 7) is 10.8. The van der Waals surface area contributed by atoms with E-state index in [1.807, 2.05) is 25.5 Å². The molecule has 1 heterocycles. The van der Waals surface area contributed by atoms with Crippen molar-refractivity contribution in [2.45, 2.75) is 47.2 Å². The standard InChI is InChI=1S/C19H30N6O/c1-6-10-26-17-11-14(3)8-9-16(17)12-21-19(20-7-2)22-13-18-24-23-15(4)25(18)5/h8-9,11H,6-7,10,12-13H2,1-5H3,(H2,20,21,22). The summed E-state index contributed by atoms with van der Waals surface area (Å²) in [6, 6.07) is 6.25. The van der Waals surface area contributed by atoms with Crippen molar-refractivity contribution in [3.63, 3.8) is 0 Å². The quantitative estimate of drug-likeness (QED) is 0.560. The zero-order valence-corrected chi connectivity index (χ0v) is 16.5. The van der Waals surface area contributed by atoms with Gasteiger partial charge >= 0.3 is 0 Å². The van der Waals surface area contributed by atoms with Crippen molar-refractivity contribution < 1.29 is 4.74 Å². The normalized spacial score (nSPS) is 11.5. The molecule has 0 spiro atoms. The second-order valence-electron chi connectivity index (χ2n) is 6.23. The van der Waals surface area contributed by atoms with Crippen LogP contribution in [0.15, 0.2) is 23.2 Å². The van der Waals surface area contributed by atoms with Crippen LogP contribution in [0.3, 0.4) is 0 Å². The molecule has 7 nitrogen and oxygen atoms in total. The molecule has 2 aromatic rings. The van der Waals surface area contributed by atoms with Gasteiger partial charge in [-0.3, -0.25) is 0 Å². The maximum Gasteiger partial charge on any atom is 0.191 e. The minimum absolute atomic E-state index is 0.548. The number of benzene rings is 1. The number of aromatic nitrogens is 3. The third kappa shape index (κ3) is 5.47. The molecule has 26 heavy (non-hydrogen) atoms. The first-order chi connectivity index (χ1) is 12.5. The molecule has 0 radical (unpaired) electrons. The number of hydrogen-bond donors (Lipinski definition) is 2. The minimum Gasteiger partial charge on any atom is -0.493 e. The van der Waals surface area contributed by atoms with E-state index in [4.69, 9.17) is 9.73 Å². The maximum atomic E-state index is 5.88. The summed E-state index contributed by atoms with van der Waals surface area (Å²) in [5, 5.41) is 14.8. The van der Waals surface area contributed by atoms with Crippen molar-refractivity contribution in [2.24, 2.45) is 12.0 Å². The summed E-state index contributed by atoms with van der Waals surface area (Å²) in [5.74, 6) is 3.42. The van der Waals surface area contributed by atoms with Crippen molar-refractivity contribution in [3.8, 4) is 5.75 Å². The summed E-state index contributed by atoms with van der Waals surface area (Å²) in [4.78, 5) is 4.69. The number of nitrogens with one attached hydrogen (secondary N) is 2. The van der Waals surface area contributed by atoms with Gasteiger partial charge in [0.2, 0.25) is 0 Å². The maximum absolute atomic E-state index is 5.88. The minimum atomic E-state index is 0.548. The Hall–Kier alpha value is -2.57. The van der Waals surface area contributed by atoms with Gasteiger partial charge in [-0.1, -0.05) is 19.1 Å². The Bertz CT molecular complexity index is 738. The Labute approximate surface area is 155 Å². The summed E-state index contributed by atoms with van der Waals surface area (Å²) >= 11 is 0. The highest BCUT2D eigenvalue weighted by Crippen LogP contribution is 2.21. The van der Waals surface area contributed by atoms with Gasteiger partial charge in [-0.05, 0) is 38.8 Å². The predicted molar refractivity (Wildman–Crippen MR) is 104 cm³/mol. The van der Waals surface area contributed by atoms with Gasteiger partial charge in [0.15, 0.2) is 11.8 Å². The van der Waals surface area contributed by atoms with Crippen LogP contribution in [0, 0.1) is 13.8 Å². The Kier molecular flexibility index (Phi) is 7.44. The van der Waals surface area contributed by atoms with Gasteiger partial charge < -0.3 is 19.9 Å². The number of hydrogen-bond acceptors (Lipinski definition) is 4. The molecule has 0 saturated carbocycles. The second kappa shape index (κ2) is 9.79. The molecule has 142 valence electrons. The van der Waals surface area contributed by atoms with Crippen LogP contribution in [-0.4, -0.2) is 33.9 Å². The number of nitrogens with zero attached hydrogens (tertiary/aromatic N) is 4. The molecular weight excluding hydrogens is 328 g/mol. The Morgan fingerprint density at radius 2 is 2.00 bits per heavy atom. The lowest BCUT2D eigenvalue weighted by molar-refractivity contribution is 0.314. The fourth-order valence-electron chi connectivity index (χ4n) is 2.41. The summed E-state index contributed by atoms with van der Waals surface area (Å²) < 4.78 is 7.84. The second-order valence-corrected chi connectivity index (χ2v) is 6.23. The highest BCUT2D eigenvalue weighted by atomic mass is 16.5. The number of guanidine groups is 1. The molecular formula is C19H30N6O. The van der Waals surface area contributed by atoms with E-state index in [9.17, 15) is 0 Å². The lowest BCUT2D eigenvalue weighted by Gasteiger charge is -2.13. The predicted octanol–water partition coefficient (Wildman–Crippen LogP) is 2.48. The van der Waals surface area contributed by atoms with Gasteiger partial charge in [0.25, 0.3) is 0 Å². The average Bonchev–Trinajstić information content (AvgIpc) is 2.95. The largest absolute Gasteiger partial charge is 0.493 e. The molecule has 7 heteroatoms. The fourth-order valence-corrected chi connectivity index (χ4v) is 2.41. The molecule has 0 unspecified atom stereocenters. The summed E-state index contributed by atoms with van der Waals surface area (Å²) in [5.41, 5.74) is 2.27. The van der Waals surface area contributed by atoms with E-state index in [-0.39, 0.29) is 0 Å². The van der Waals surface area contributed by atoms with E-state index < -0.39 is 0 Å². The van der Waals surface area contributed by atoms with E-state index in [1.54, 1.807) is 0 Å². The molecule has 0 fully saturated rings. The third-order valence-corrected chi connectivity index (χ3v) is 4.03. The van der Waals surface area contributed by atoms with E-state index in [2.05, 4.69) is 52.9 Å². The number of aryl methyl sites for hydroxylation is 2. The first-order valence-corrected chi connectivity index (χ1v) is 9.14. The van der Waals surface area contributed by atoms with Crippen LogP contribution in [0.1, 0.15) is 43.0 Å². The monoisotopic (exact) mass is 358 g/mol. The Morgan fingerprint density at radius 3 is 2.65 bits per heavy atom. The van der Waals surface area contributed by atoms with Gasteiger partial charge in [-0.15, -0.1) is 10.2 Å². The topological polar surface area (TPSA) is 76.4 Å². The third-order valence-electron chi connectivity index (χ3n) is 4.03. The van der Waals surface area contributed by atoms with Gasteiger partial charge in [0.1, 0.15) is 11.6 Å². The van der Waals surface area contributed by atoms with E-state index in [1.165, 1.54) is 5.56 Å². The number of ether oxygens (including phenoxy) is 1. The van der Waals surface area contributed by atoms with Crippen LogP contribution < -0.4 is 15.4 Å². The number of rotatable bonds is 8. The molecule has 0 aliphatic heterocycles. The SMILES string of the molecule is CCCOc1cc(C)ccc1CN=C(NCC)NCc1nnc(C)n1C. The molecule has 0 atom stereocenters. The van der Waals surface area contributed by atoms with Crippen molar-refractivity contribution in [3.05, 3.63) is 41.0 Å². The molecule has 2 N–H and O–H groups in total. The lowest BCUT2D eigenvalue weighted by atomic mass is 10.1. The average molecular weight is 358 g/mol. The molecule has 0 amide bonds. The van der Waals surface area contributed by atoms with Crippen molar-refractivity contribution in [1.29, 1.82) is 0 Å². The van der Waals surface area contributed by atoms with E-state index in [0.29, 0.717) is 19.7 Å². The van der Waals surface area contributed by atoms with Gasteiger partial charge in [-0.25, -0.2) is 4.99 Å². The van der Waals surface area contributed by atoms with Crippen molar-refractivity contribution in [1.82, 2.24) is 25.4 Å². The fraction of sp³-hybridized carbons (Fsp3) is 0.526. The van der Waals surface area contributed by atoms with E-state index in [0.717, 1.165) is 41.9 Å². The molecule has 1 aromatic heterocycles. The van der Waals surface area contributed by atoms with Crippen LogP contribution in [-0.2, 0) is 20.1 Å². The highest BCUT2D eigenvalue weighted by Gasteiger charge is 2.07. The highest BCUT2D eigenvalue weighted by molar-refractivity contribution is 5.79. The van der Waals surface area contributed by atoms with Crippen molar-refractivity contribution >= 4 is 5.96 Å². The smallest absolute Gasteiger partial charge is 0.191 e. The van der Waals surface area contributed by atoms with Crippen molar-refractivity contribution in [2.75, 3.05) is 13.2 Å². The molecule has 1 aromatic carbocycles. The van der Waals surface area contributed by atoms with Crippen LogP contribution >= 0.6 is 0 Å². The zero-order chi connectivity index (χ0) is 18.9.